The van der Waals surface area contributed by atoms with Gasteiger partial charge in [-0.3, -0.25) is 4.79 Å². The highest BCUT2D eigenvalue weighted by atomic mass is 32.2. The summed E-state index contributed by atoms with van der Waals surface area (Å²) >= 11 is 0. The van der Waals surface area contributed by atoms with Gasteiger partial charge in [0.15, 0.2) is 0 Å². The molecule has 0 saturated carbocycles. The molecule has 1 aliphatic heterocycles. The number of hydrogen-bond donors (Lipinski definition) is 2. The summed E-state index contributed by atoms with van der Waals surface area (Å²) in [6.45, 7) is 4.22. The van der Waals surface area contributed by atoms with Crippen LogP contribution >= 0.6 is 0 Å². The number of nitrogens with zero attached hydrogens (tertiary/aromatic N) is 2. The van der Waals surface area contributed by atoms with Crippen LogP contribution in [0.3, 0.4) is 0 Å². The number of anilines is 3. The van der Waals surface area contributed by atoms with E-state index in [-0.39, 0.29) is 16.1 Å². The molecular formula is C32H33FN4O4S. The summed E-state index contributed by atoms with van der Waals surface area (Å²) in [5, 5.41) is 2.66. The van der Waals surface area contributed by atoms with Gasteiger partial charge in [-0.15, -0.1) is 0 Å². The Morgan fingerprint density at radius 1 is 0.833 bits per heavy atom. The van der Waals surface area contributed by atoms with E-state index in [9.17, 15) is 17.6 Å². The molecular weight excluding hydrogens is 555 g/mol. The Labute approximate surface area is 245 Å². The Morgan fingerprint density at radius 2 is 1.45 bits per heavy atom. The number of piperazine rings is 1. The van der Waals surface area contributed by atoms with Crippen molar-refractivity contribution in [1.29, 1.82) is 0 Å². The molecule has 10 heteroatoms. The maximum absolute atomic E-state index is 14.2. The summed E-state index contributed by atoms with van der Waals surface area (Å²) in [5.74, 6) is -0.547. The molecule has 1 fully saturated rings. The van der Waals surface area contributed by atoms with Gasteiger partial charge < -0.3 is 19.9 Å². The van der Waals surface area contributed by atoms with E-state index in [0.717, 1.165) is 17.0 Å². The van der Waals surface area contributed by atoms with Crippen LogP contribution < -0.4 is 24.6 Å². The lowest BCUT2D eigenvalue weighted by molar-refractivity contribution is 0.102. The largest absolute Gasteiger partial charge is 0.495 e. The molecule has 0 radical (unpaired) electrons. The van der Waals surface area contributed by atoms with Crippen LogP contribution in [-0.2, 0) is 10.0 Å². The van der Waals surface area contributed by atoms with E-state index >= 15 is 0 Å². The summed E-state index contributed by atoms with van der Waals surface area (Å²) in [5.41, 5.74) is 2.43. The number of amides is 1. The second-order valence-corrected chi connectivity index (χ2v) is 11.7. The zero-order valence-corrected chi connectivity index (χ0v) is 24.3. The first-order chi connectivity index (χ1) is 20.3. The van der Waals surface area contributed by atoms with Gasteiger partial charge in [0.1, 0.15) is 16.5 Å². The maximum Gasteiger partial charge on any atom is 0.258 e. The molecule has 218 valence electrons. The summed E-state index contributed by atoms with van der Waals surface area (Å²) in [7, 11) is -2.40. The van der Waals surface area contributed by atoms with Crippen LogP contribution in [0, 0.1) is 5.82 Å². The number of methoxy groups -OCH3 is 1. The van der Waals surface area contributed by atoms with Crippen molar-refractivity contribution in [1.82, 2.24) is 4.72 Å². The molecule has 8 nitrogen and oxygen atoms in total. The van der Waals surface area contributed by atoms with E-state index in [4.69, 9.17) is 4.74 Å². The molecule has 1 heterocycles. The first-order valence-corrected chi connectivity index (χ1v) is 15.2. The Balaban J connectivity index is 1.44. The van der Waals surface area contributed by atoms with E-state index in [0.29, 0.717) is 31.9 Å². The topological polar surface area (TPSA) is 91.0 Å². The Hall–Kier alpha value is -4.41. The van der Waals surface area contributed by atoms with Crippen molar-refractivity contribution in [2.45, 2.75) is 17.9 Å². The number of carbonyl (C=O) groups excluding carboxylic acids is 1. The predicted octanol–water partition coefficient (Wildman–Crippen LogP) is 5.45. The standard InChI is InChI=1S/C32H33FN4O4S/c1-23(24-10-4-3-5-11-24)35-42(39,40)31-22-25(34-32(38)26-12-6-7-13-27(26)33)16-17-29(31)37-20-18-36(19-21-37)28-14-8-9-15-30(28)41-2/h3-17,22-23,35H,18-21H2,1-2H3,(H,34,38)/t23-/m1/s1. The molecule has 0 aromatic heterocycles. The highest BCUT2D eigenvalue weighted by Crippen LogP contribution is 2.33. The predicted molar refractivity (Wildman–Crippen MR) is 163 cm³/mol. The summed E-state index contributed by atoms with van der Waals surface area (Å²) < 4.78 is 50.3. The van der Waals surface area contributed by atoms with Crippen LogP contribution in [0.1, 0.15) is 28.9 Å². The van der Waals surface area contributed by atoms with E-state index in [1.165, 1.54) is 24.3 Å². The Morgan fingerprint density at radius 3 is 2.14 bits per heavy atom. The third kappa shape index (κ3) is 6.40. The number of carbonyl (C=O) groups is 1. The van der Waals surface area contributed by atoms with Crippen LogP contribution in [0.4, 0.5) is 21.5 Å². The molecule has 0 bridgehead atoms. The molecule has 1 saturated heterocycles. The fourth-order valence-corrected chi connectivity index (χ4v) is 6.58. The molecule has 1 atom stereocenters. The van der Waals surface area contributed by atoms with E-state index < -0.39 is 27.8 Å². The summed E-state index contributed by atoms with van der Waals surface area (Å²) in [6.07, 6.45) is 0. The van der Waals surface area contributed by atoms with Gasteiger partial charge in [0, 0.05) is 37.9 Å². The molecule has 4 aromatic rings. The van der Waals surface area contributed by atoms with E-state index in [1.54, 1.807) is 32.2 Å². The van der Waals surface area contributed by atoms with Crippen LogP contribution in [0.2, 0.25) is 0 Å². The van der Waals surface area contributed by atoms with Gasteiger partial charge in [0.05, 0.1) is 24.0 Å². The molecule has 42 heavy (non-hydrogen) atoms. The molecule has 5 rings (SSSR count). The van der Waals surface area contributed by atoms with Gasteiger partial charge in [-0.25, -0.2) is 17.5 Å². The van der Waals surface area contributed by atoms with Crippen LogP contribution in [-0.4, -0.2) is 47.6 Å². The Bertz CT molecular complexity index is 1660. The molecule has 0 spiro atoms. The zero-order valence-electron chi connectivity index (χ0n) is 23.5. The monoisotopic (exact) mass is 588 g/mol. The number of benzene rings is 4. The number of sulfonamides is 1. The van der Waals surface area contributed by atoms with Crippen LogP contribution in [0.25, 0.3) is 0 Å². The quantitative estimate of drug-likeness (QED) is 0.270. The molecule has 0 unspecified atom stereocenters. The van der Waals surface area contributed by atoms with Crippen molar-refractivity contribution in [2.24, 2.45) is 0 Å². The van der Waals surface area contributed by atoms with Gasteiger partial charge in [-0.1, -0.05) is 54.6 Å². The van der Waals surface area contributed by atoms with Crippen LogP contribution in [0.15, 0.2) is 102 Å². The fraction of sp³-hybridized carbons (Fsp3) is 0.219. The summed E-state index contributed by atoms with van der Waals surface area (Å²) in [4.78, 5) is 17.1. The highest BCUT2D eigenvalue weighted by Gasteiger charge is 2.28. The van der Waals surface area contributed by atoms with E-state index in [2.05, 4.69) is 14.9 Å². The number of hydrogen-bond acceptors (Lipinski definition) is 6. The minimum absolute atomic E-state index is 0.0300. The average molecular weight is 589 g/mol. The van der Waals surface area contributed by atoms with Gasteiger partial charge in [0.25, 0.3) is 5.91 Å². The van der Waals surface area contributed by atoms with Crippen molar-refractivity contribution < 1.29 is 22.3 Å². The number of halogens is 1. The molecule has 4 aromatic carbocycles. The maximum atomic E-state index is 14.2. The minimum Gasteiger partial charge on any atom is -0.495 e. The van der Waals surface area contributed by atoms with Gasteiger partial charge >= 0.3 is 0 Å². The molecule has 1 aliphatic rings. The van der Waals surface area contributed by atoms with Crippen molar-refractivity contribution in [2.75, 3.05) is 48.4 Å². The number of ether oxygens (including phenoxy) is 1. The normalized spacial score (nSPS) is 14.4. The Kier molecular flexibility index (Phi) is 8.75. The zero-order chi connectivity index (χ0) is 29.7. The van der Waals surface area contributed by atoms with Crippen LogP contribution in [0.5, 0.6) is 5.75 Å². The third-order valence-electron chi connectivity index (χ3n) is 7.30. The number of nitrogens with one attached hydrogen (secondary N) is 2. The SMILES string of the molecule is COc1ccccc1N1CCN(c2ccc(NC(=O)c3ccccc3F)cc2S(=O)(=O)N[C@H](C)c2ccccc2)CC1. The van der Waals surface area contributed by atoms with E-state index in [1.807, 2.05) is 59.5 Å². The smallest absolute Gasteiger partial charge is 0.258 e. The van der Waals surface area contributed by atoms with Gasteiger partial charge in [-0.05, 0) is 55.0 Å². The van der Waals surface area contributed by atoms with Crippen molar-refractivity contribution in [3.8, 4) is 5.75 Å². The minimum atomic E-state index is -4.05. The second kappa shape index (κ2) is 12.6. The number of para-hydroxylation sites is 2. The summed E-state index contributed by atoms with van der Waals surface area (Å²) in [6, 6.07) is 27.0. The number of rotatable bonds is 9. The first-order valence-electron chi connectivity index (χ1n) is 13.7. The van der Waals surface area contributed by atoms with Gasteiger partial charge in [0.2, 0.25) is 10.0 Å². The van der Waals surface area contributed by atoms with Crippen molar-refractivity contribution in [3.05, 3.63) is 114 Å². The molecule has 0 aliphatic carbocycles. The highest BCUT2D eigenvalue weighted by molar-refractivity contribution is 7.89. The lowest BCUT2D eigenvalue weighted by atomic mass is 10.1. The molecule has 1 amide bonds. The van der Waals surface area contributed by atoms with Gasteiger partial charge in [-0.2, -0.15) is 0 Å². The first kappa shape index (κ1) is 29.1. The average Bonchev–Trinajstić information content (AvgIpc) is 3.01. The fourth-order valence-electron chi connectivity index (χ4n) is 5.10. The second-order valence-electron chi connectivity index (χ2n) is 10.0. The molecule has 2 N–H and O–H groups in total. The lowest BCUT2D eigenvalue weighted by Gasteiger charge is -2.38. The van der Waals surface area contributed by atoms with Crippen molar-refractivity contribution in [3.63, 3.8) is 0 Å². The lowest BCUT2D eigenvalue weighted by Crippen LogP contribution is -2.47. The third-order valence-corrected chi connectivity index (χ3v) is 8.87. The van der Waals surface area contributed by atoms with Crippen molar-refractivity contribution >= 4 is 33.0 Å².